The Kier molecular flexibility index (Phi) is 6.90. The molecule has 0 aliphatic carbocycles. The highest BCUT2D eigenvalue weighted by Crippen LogP contribution is 2.48. The topological polar surface area (TPSA) is 71.6 Å². The van der Waals surface area contributed by atoms with E-state index in [1.165, 1.54) is 31.6 Å². The third-order valence-corrected chi connectivity index (χ3v) is 5.72. The number of fused-ring (bicyclic) bond motifs is 1. The van der Waals surface area contributed by atoms with Gasteiger partial charge in [-0.3, -0.25) is 25.4 Å². The van der Waals surface area contributed by atoms with Gasteiger partial charge in [0.2, 0.25) is 5.60 Å². The number of carbonyl (C=O) groups excluding carboxylic acids is 1. The van der Waals surface area contributed by atoms with Gasteiger partial charge in [-0.2, -0.15) is 13.2 Å². The van der Waals surface area contributed by atoms with Crippen molar-refractivity contribution >= 4 is 34.0 Å². The zero-order valence-corrected chi connectivity index (χ0v) is 19.1. The van der Waals surface area contributed by atoms with Crippen LogP contribution in [-0.4, -0.2) is 19.2 Å². The second-order valence-electron chi connectivity index (χ2n) is 7.58. The first kappa shape index (κ1) is 25.4. The smallest absolute Gasteiger partial charge is 0.327 e. The summed E-state index contributed by atoms with van der Waals surface area (Å²) >= 11 is 5.61. The predicted octanol–water partition coefficient (Wildman–Crippen LogP) is 5.46. The van der Waals surface area contributed by atoms with E-state index in [9.17, 15) is 26.7 Å². The average molecular weight is 526 g/mol. The Bertz CT molecular complexity index is 1370. The first-order valence-electron chi connectivity index (χ1n) is 10.2. The van der Waals surface area contributed by atoms with Crippen molar-refractivity contribution in [3.8, 4) is 0 Å². The van der Waals surface area contributed by atoms with Crippen molar-refractivity contribution in [3.05, 3.63) is 100 Å². The van der Waals surface area contributed by atoms with Gasteiger partial charge in [0, 0.05) is 29.1 Å². The van der Waals surface area contributed by atoms with Gasteiger partial charge in [0.15, 0.2) is 11.6 Å². The standard InChI is InChI=1S/C24H17ClF5N3O3/c1-35-32-9-8-31-22(34)17-7-6-16(14-4-2-3-5-15(14)17)20-12-23(36-33-20,24(28,29)30)13-10-18(25)21(27)19(26)11-13/h2-12,32-33H,1H3,(H,31,34). The van der Waals surface area contributed by atoms with E-state index in [2.05, 4.69) is 21.1 Å². The molecule has 1 atom stereocenters. The lowest BCUT2D eigenvalue weighted by molar-refractivity contribution is -0.269. The summed E-state index contributed by atoms with van der Waals surface area (Å²) in [7, 11) is 1.39. The SMILES string of the molecule is CONC=CNC(=O)c1ccc(C2=CC(c3cc(F)c(F)c(Cl)c3)(C(F)(F)F)ON2)c2ccccc12. The molecule has 1 aliphatic rings. The summed E-state index contributed by atoms with van der Waals surface area (Å²) in [6.07, 6.45) is -1.70. The number of halogens is 6. The lowest BCUT2D eigenvalue weighted by atomic mass is 9.90. The Balaban J connectivity index is 1.81. The monoisotopic (exact) mass is 525 g/mol. The van der Waals surface area contributed by atoms with E-state index in [1.54, 1.807) is 24.3 Å². The second kappa shape index (κ2) is 9.76. The largest absolute Gasteiger partial charge is 0.428 e. The van der Waals surface area contributed by atoms with Crippen LogP contribution in [0.15, 0.2) is 67.0 Å². The van der Waals surface area contributed by atoms with Crippen LogP contribution in [-0.2, 0) is 15.3 Å². The van der Waals surface area contributed by atoms with Gasteiger partial charge in [0.25, 0.3) is 5.91 Å². The number of alkyl halides is 3. The number of hydroxylamine groups is 2. The molecule has 0 saturated carbocycles. The first-order chi connectivity index (χ1) is 17.1. The van der Waals surface area contributed by atoms with E-state index in [1.807, 2.05) is 0 Å². The molecule has 0 bridgehead atoms. The predicted molar refractivity (Wildman–Crippen MR) is 122 cm³/mol. The molecular formula is C24H17ClF5N3O3. The number of amides is 1. The Labute approximate surface area is 206 Å². The summed E-state index contributed by atoms with van der Waals surface area (Å²) in [5.41, 5.74) is 1.20. The van der Waals surface area contributed by atoms with E-state index in [0.717, 1.165) is 6.08 Å². The average Bonchev–Trinajstić information content (AvgIpc) is 3.31. The van der Waals surface area contributed by atoms with Crippen LogP contribution >= 0.6 is 11.6 Å². The molecule has 0 spiro atoms. The van der Waals surface area contributed by atoms with Crippen LogP contribution in [0, 0.1) is 11.6 Å². The molecule has 0 aromatic heterocycles. The third kappa shape index (κ3) is 4.48. The van der Waals surface area contributed by atoms with E-state index in [4.69, 9.17) is 16.4 Å². The molecule has 0 saturated heterocycles. The zero-order valence-electron chi connectivity index (χ0n) is 18.3. The molecule has 36 heavy (non-hydrogen) atoms. The first-order valence-corrected chi connectivity index (χ1v) is 10.6. The summed E-state index contributed by atoms with van der Waals surface area (Å²) in [6.45, 7) is 0. The Morgan fingerprint density at radius 2 is 1.83 bits per heavy atom. The summed E-state index contributed by atoms with van der Waals surface area (Å²) in [6, 6.07) is 10.5. The number of nitrogens with one attached hydrogen (secondary N) is 3. The van der Waals surface area contributed by atoms with Gasteiger partial charge in [-0.1, -0.05) is 41.9 Å². The van der Waals surface area contributed by atoms with Crippen LogP contribution in [0.2, 0.25) is 5.02 Å². The highest BCUT2D eigenvalue weighted by Gasteiger charge is 2.60. The van der Waals surface area contributed by atoms with Crippen LogP contribution in [0.1, 0.15) is 21.5 Å². The van der Waals surface area contributed by atoms with E-state index in [0.29, 0.717) is 22.9 Å². The quantitative estimate of drug-likeness (QED) is 0.227. The molecule has 3 aromatic carbocycles. The van der Waals surface area contributed by atoms with Crippen molar-refractivity contribution in [1.82, 2.24) is 16.3 Å². The maximum Gasteiger partial charge on any atom is 0.428 e. The van der Waals surface area contributed by atoms with E-state index < -0.39 is 39.9 Å². The Morgan fingerprint density at radius 3 is 2.50 bits per heavy atom. The van der Waals surface area contributed by atoms with Crippen LogP contribution in [0.25, 0.3) is 16.5 Å². The van der Waals surface area contributed by atoms with Gasteiger partial charge in [0.05, 0.1) is 17.8 Å². The normalized spacial score (nSPS) is 17.8. The van der Waals surface area contributed by atoms with Crippen molar-refractivity contribution in [2.24, 2.45) is 0 Å². The second-order valence-corrected chi connectivity index (χ2v) is 7.99. The zero-order chi connectivity index (χ0) is 26.1. The van der Waals surface area contributed by atoms with Crippen LogP contribution < -0.4 is 16.3 Å². The summed E-state index contributed by atoms with van der Waals surface area (Å²) in [5, 5.41) is 2.60. The number of hydrogen-bond donors (Lipinski definition) is 3. The van der Waals surface area contributed by atoms with Gasteiger partial charge in [0.1, 0.15) is 0 Å². The molecule has 0 radical (unpaired) electrons. The molecule has 6 nitrogen and oxygen atoms in total. The Hall–Kier alpha value is -3.67. The van der Waals surface area contributed by atoms with Crippen molar-refractivity contribution < 1.29 is 36.4 Å². The minimum Gasteiger partial charge on any atom is -0.327 e. The fourth-order valence-corrected chi connectivity index (χ4v) is 3.98. The molecule has 0 fully saturated rings. The van der Waals surface area contributed by atoms with Crippen molar-refractivity contribution in [2.45, 2.75) is 11.8 Å². The molecule has 3 aromatic rings. The number of rotatable bonds is 6. The fourth-order valence-electron chi connectivity index (χ4n) is 3.78. The lowest BCUT2D eigenvalue weighted by Gasteiger charge is -2.28. The minimum absolute atomic E-state index is 0.0967. The van der Waals surface area contributed by atoms with Crippen LogP contribution in [0.5, 0.6) is 0 Å². The van der Waals surface area contributed by atoms with Crippen LogP contribution in [0.3, 0.4) is 0 Å². The van der Waals surface area contributed by atoms with Gasteiger partial charge in [-0.15, -0.1) is 0 Å². The molecular weight excluding hydrogens is 509 g/mol. The van der Waals surface area contributed by atoms with Gasteiger partial charge >= 0.3 is 6.18 Å². The molecule has 1 aliphatic heterocycles. The van der Waals surface area contributed by atoms with Crippen molar-refractivity contribution in [1.29, 1.82) is 0 Å². The summed E-state index contributed by atoms with van der Waals surface area (Å²) in [5.74, 6) is -3.50. The Morgan fingerprint density at radius 1 is 1.11 bits per heavy atom. The highest BCUT2D eigenvalue weighted by atomic mass is 35.5. The highest BCUT2D eigenvalue weighted by molar-refractivity contribution is 6.30. The number of benzene rings is 3. The van der Waals surface area contributed by atoms with Gasteiger partial charge < -0.3 is 5.32 Å². The molecule has 188 valence electrons. The summed E-state index contributed by atoms with van der Waals surface area (Å²) < 4.78 is 70.4. The third-order valence-electron chi connectivity index (χ3n) is 5.45. The van der Waals surface area contributed by atoms with Crippen LogP contribution in [0.4, 0.5) is 22.0 Å². The van der Waals surface area contributed by atoms with Crippen molar-refractivity contribution in [2.75, 3.05) is 7.11 Å². The van der Waals surface area contributed by atoms with E-state index in [-0.39, 0.29) is 16.8 Å². The summed E-state index contributed by atoms with van der Waals surface area (Å²) in [4.78, 5) is 22.3. The molecule has 4 rings (SSSR count). The van der Waals surface area contributed by atoms with E-state index >= 15 is 0 Å². The maximum absolute atomic E-state index is 14.3. The minimum atomic E-state index is -5.08. The van der Waals surface area contributed by atoms with Gasteiger partial charge in [-0.25, -0.2) is 8.78 Å². The molecule has 1 unspecified atom stereocenters. The number of hydrogen-bond acceptors (Lipinski definition) is 5. The lowest BCUT2D eigenvalue weighted by Crippen LogP contribution is -2.42. The number of carbonyl (C=O) groups is 1. The maximum atomic E-state index is 14.3. The molecule has 3 N–H and O–H groups in total. The molecule has 12 heteroatoms. The van der Waals surface area contributed by atoms with Gasteiger partial charge in [-0.05, 0) is 35.0 Å². The van der Waals surface area contributed by atoms with Crippen molar-refractivity contribution in [3.63, 3.8) is 0 Å². The molecule has 1 heterocycles. The fraction of sp³-hybridized carbons (Fsp3) is 0.125. The molecule has 1 amide bonds.